The second-order valence-electron chi connectivity index (χ2n) is 2.75. The summed E-state index contributed by atoms with van der Waals surface area (Å²) in [5.74, 6) is 5.19. The lowest BCUT2D eigenvalue weighted by atomic mass is 10.2. The Hall–Kier alpha value is -0.850. The SMILES string of the molecule is OCCCC#Cc1ccc(Br)cc1F. The molecule has 1 rings (SSSR count). The number of aliphatic hydroxyl groups is 1. The molecule has 0 amide bonds. The first kappa shape index (κ1) is 11.2. The molecular weight excluding hydrogens is 247 g/mol. The molecule has 0 atom stereocenters. The smallest absolute Gasteiger partial charge is 0.139 e. The van der Waals surface area contributed by atoms with E-state index in [1.807, 2.05) is 0 Å². The quantitative estimate of drug-likeness (QED) is 0.638. The van der Waals surface area contributed by atoms with Gasteiger partial charge in [0, 0.05) is 17.5 Å². The standard InChI is InChI=1S/C11H10BrFO/c12-10-6-5-9(11(13)8-10)4-2-1-3-7-14/h5-6,8,14H,1,3,7H2. The van der Waals surface area contributed by atoms with Gasteiger partial charge in [0.2, 0.25) is 0 Å². The molecule has 1 N–H and O–H groups in total. The molecule has 0 bridgehead atoms. The van der Waals surface area contributed by atoms with Crippen LogP contribution in [-0.4, -0.2) is 11.7 Å². The monoisotopic (exact) mass is 256 g/mol. The molecular formula is C11H10BrFO. The second-order valence-corrected chi connectivity index (χ2v) is 3.67. The van der Waals surface area contributed by atoms with Crippen LogP contribution in [-0.2, 0) is 0 Å². The van der Waals surface area contributed by atoms with Gasteiger partial charge in [-0.05, 0) is 24.6 Å². The third-order valence-corrected chi connectivity index (χ3v) is 2.11. The molecule has 1 nitrogen and oxygen atoms in total. The highest BCUT2D eigenvalue weighted by atomic mass is 79.9. The summed E-state index contributed by atoms with van der Waals surface area (Å²) >= 11 is 3.17. The van der Waals surface area contributed by atoms with Crippen LogP contribution in [0.2, 0.25) is 0 Å². The maximum atomic E-state index is 13.2. The molecule has 0 radical (unpaired) electrons. The summed E-state index contributed by atoms with van der Waals surface area (Å²) in [6.07, 6.45) is 1.22. The number of benzene rings is 1. The molecule has 0 unspecified atom stereocenters. The zero-order valence-corrected chi connectivity index (χ0v) is 9.14. The van der Waals surface area contributed by atoms with E-state index in [4.69, 9.17) is 5.11 Å². The van der Waals surface area contributed by atoms with E-state index in [0.717, 1.165) is 0 Å². The van der Waals surface area contributed by atoms with Gasteiger partial charge in [-0.1, -0.05) is 27.8 Å². The van der Waals surface area contributed by atoms with E-state index in [2.05, 4.69) is 27.8 Å². The summed E-state index contributed by atoms with van der Waals surface area (Å²) in [5.41, 5.74) is 0.395. The van der Waals surface area contributed by atoms with Crippen molar-refractivity contribution in [3.8, 4) is 11.8 Å². The molecule has 1 aromatic rings. The third kappa shape index (κ3) is 3.49. The molecule has 0 spiro atoms. The zero-order valence-electron chi connectivity index (χ0n) is 7.56. The van der Waals surface area contributed by atoms with Crippen molar-refractivity contribution in [2.75, 3.05) is 6.61 Å². The van der Waals surface area contributed by atoms with Gasteiger partial charge in [0.1, 0.15) is 5.82 Å². The maximum absolute atomic E-state index is 13.2. The Labute approximate surface area is 91.1 Å². The average Bonchev–Trinajstić information content (AvgIpc) is 2.15. The van der Waals surface area contributed by atoms with Crippen molar-refractivity contribution >= 4 is 15.9 Å². The van der Waals surface area contributed by atoms with Crippen LogP contribution in [0.1, 0.15) is 18.4 Å². The predicted molar refractivity (Wildman–Crippen MR) is 57.3 cm³/mol. The Morgan fingerprint density at radius 2 is 2.21 bits per heavy atom. The molecule has 14 heavy (non-hydrogen) atoms. The molecule has 0 saturated carbocycles. The van der Waals surface area contributed by atoms with Crippen molar-refractivity contribution in [3.63, 3.8) is 0 Å². The molecule has 0 aliphatic heterocycles. The third-order valence-electron chi connectivity index (χ3n) is 1.61. The van der Waals surface area contributed by atoms with Gasteiger partial charge >= 0.3 is 0 Å². The van der Waals surface area contributed by atoms with Crippen LogP contribution in [0.25, 0.3) is 0 Å². The van der Waals surface area contributed by atoms with Crippen molar-refractivity contribution in [2.45, 2.75) is 12.8 Å². The fourth-order valence-electron chi connectivity index (χ4n) is 0.916. The van der Waals surface area contributed by atoms with Gasteiger partial charge in [-0.3, -0.25) is 0 Å². The number of hydrogen-bond donors (Lipinski definition) is 1. The van der Waals surface area contributed by atoms with Gasteiger partial charge < -0.3 is 5.11 Å². The second kappa shape index (κ2) is 5.79. The van der Waals surface area contributed by atoms with Crippen molar-refractivity contribution in [3.05, 3.63) is 34.1 Å². The van der Waals surface area contributed by atoms with Gasteiger partial charge in [-0.15, -0.1) is 0 Å². The summed E-state index contributed by atoms with van der Waals surface area (Å²) in [7, 11) is 0. The molecule has 0 aromatic heterocycles. The number of rotatable bonds is 2. The van der Waals surface area contributed by atoms with Crippen LogP contribution < -0.4 is 0 Å². The zero-order chi connectivity index (χ0) is 10.4. The van der Waals surface area contributed by atoms with Gasteiger partial charge in [0.15, 0.2) is 0 Å². The lowest BCUT2D eigenvalue weighted by Crippen LogP contribution is -1.83. The van der Waals surface area contributed by atoms with E-state index >= 15 is 0 Å². The molecule has 0 saturated heterocycles. The van der Waals surface area contributed by atoms with Crippen LogP contribution in [0.15, 0.2) is 22.7 Å². The number of aliphatic hydroxyl groups excluding tert-OH is 1. The van der Waals surface area contributed by atoms with Crippen molar-refractivity contribution in [1.29, 1.82) is 0 Å². The minimum absolute atomic E-state index is 0.123. The summed E-state index contributed by atoms with van der Waals surface area (Å²) in [4.78, 5) is 0. The van der Waals surface area contributed by atoms with E-state index in [9.17, 15) is 4.39 Å². The molecule has 0 heterocycles. The summed E-state index contributed by atoms with van der Waals surface area (Å²) in [5, 5.41) is 8.51. The number of hydrogen-bond acceptors (Lipinski definition) is 1. The topological polar surface area (TPSA) is 20.2 Å². The first-order chi connectivity index (χ1) is 6.74. The minimum Gasteiger partial charge on any atom is -0.396 e. The van der Waals surface area contributed by atoms with Gasteiger partial charge in [-0.25, -0.2) is 4.39 Å². The summed E-state index contributed by atoms with van der Waals surface area (Å²) in [6.45, 7) is 0.123. The molecule has 3 heteroatoms. The van der Waals surface area contributed by atoms with Crippen LogP contribution in [0, 0.1) is 17.7 Å². The van der Waals surface area contributed by atoms with Crippen LogP contribution >= 0.6 is 15.9 Å². The van der Waals surface area contributed by atoms with Gasteiger partial charge in [0.05, 0.1) is 5.56 Å². The van der Waals surface area contributed by atoms with Crippen LogP contribution in [0.3, 0.4) is 0 Å². The van der Waals surface area contributed by atoms with Crippen molar-refractivity contribution in [2.24, 2.45) is 0 Å². The largest absolute Gasteiger partial charge is 0.396 e. The lowest BCUT2D eigenvalue weighted by molar-refractivity contribution is 0.290. The highest BCUT2D eigenvalue weighted by molar-refractivity contribution is 9.10. The predicted octanol–water partition coefficient (Wildman–Crippen LogP) is 2.71. The summed E-state index contributed by atoms with van der Waals surface area (Å²) in [6, 6.07) is 4.76. The van der Waals surface area contributed by atoms with Crippen molar-refractivity contribution in [1.82, 2.24) is 0 Å². The normalized spacial score (nSPS) is 9.36. The molecule has 0 aliphatic carbocycles. The average molecular weight is 257 g/mol. The highest BCUT2D eigenvalue weighted by Crippen LogP contribution is 2.14. The highest BCUT2D eigenvalue weighted by Gasteiger charge is 1.98. The van der Waals surface area contributed by atoms with Gasteiger partial charge in [0.25, 0.3) is 0 Å². The molecule has 74 valence electrons. The minimum atomic E-state index is -0.323. The summed E-state index contributed by atoms with van der Waals surface area (Å²) < 4.78 is 13.9. The Balaban J connectivity index is 2.70. The molecule has 0 aliphatic rings. The van der Waals surface area contributed by atoms with Crippen LogP contribution in [0.4, 0.5) is 4.39 Å². The van der Waals surface area contributed by atoms with E-state index < -0.39 is 0 Å². The number of halogens is 2. The van der Waals surface area contributed by atoms with E-state index in [0.29, 0.717) is 22.9 Å². The molecule has 1 aromatic carbocycles. The van der Waals surface area contributed by atoms with Crippen molar-refractivity contribution < 1.29 is 9.50 Å². The van der Waals surface area contributed by atoms with E-state index in [1.54, 1.807) is 12.1 Å². The fraction of sp³-hybridized carbons (Fsp3) is 0.273. The maximum Gasteiger partial charge on any atom is 0.139 e. The first-order valence-corrected chi connectivity index (χ1v) is 5.08. The Morgan fingerprint density at radius 3 is 2.86 bits per heavy atom. The molecule has 0 fully saturated rings. The Bertz CT molecular complexity index is 365. The Kier molecular flexibility index (Phi) is 4.64. The lowest BCUT2D eigenvalue weighted by Gasteiger charge is -1.94. The Morgan fingerprint density at radius 1 is 1.43 bits per heavy atom. The first-order valence-electron chi connectivity index (χ1n) is 4.29. The van der Waals surface area contributed by atoms with E-state index in [1.165, 1.54) is 6.07 Å². The number of unbranched alkanes of at least 4 members (excludes halogenated alkanes) is 1. The fourth-order valence-corrected chi connectivity index (χ4v) is 1.25. The van der Waals surface area contributed by atoms with Gasteiger partial charge in [-0.2, -0.15) is 0 Å². The van der Waals surface area contributed by atoms with Crippen LogP contribution in [0.5, 0.6) is 0 Å². The van der Waals surface area contributed by atoms with E-state index in [-0.39, 0.29) is 12.4 Å².